The van der Waals surface area contributed by atoms with Gasteiger partial charge in [0.2, 0.25) is 17.7 Å². The average Bonchev–Trinajstić information content (AvgIpc) is 3.07. The van der Waals surface area contributed by atoms with Gasteiger partial charge in [-0.1, -0.05) is 109 Å². The van der Waals surface area contributed by atoms with Crippen molar-refractivity contribution in [3.8, 4) is 16.9 Å². The third-order valence-electron chi connectivity index (χ3n) is 7.16. The standard InChI is InChI=1S/C37H33N3O4/c38-36(42)32-17-13-27(14-18-32)24-39-37(43)35(31-19-21-33(22-20-31)44-25-28-7-3-1-4-8-28)40-34(41)23-26-11-15-30(16-12-26)29-9-5-2-6-10-29/h1-22,35H,23-25H2,(H2,38,42)(H,39,43)(H,40,41)/t35-/m0/s1. The molecule has 4 N–H and O–H groups in total. The summed E-state index contributed by atoms with van der Waals surface area (Å²) < 4.78 is 5.90. The van der Waals surface area contributed by atoms with Crippen molar-refractivity contribution in [2.24, 2.45) is 5.73 Å². The Balaban J connectivity index is 1.27. The van der Waals surface area contributed by atoms with Gasteiger partial charge in [0.1, 0.15) is 18.4 Å². The second kappa shape index (κ2) is 14.5. The lowest BCUT2D eigenvalue weighted by atomic mass is 10.0. The summed E-state index contributed by atoms with van der Waals surface area (Å²) in [6.45, 7) is 0.627. The van der Waals surface area contributed by atoms with Crippen LogP contribution in [0.2, 0.25) is 0 Å². The molecule has 0 aliphatic heterocycles. The summed E-state index contributed by atoms with van der Waals surface area (Å²) in [5.41, 5.74) is 11.2. The third kappa shape index (κ3) is 8.20. The van der Waals surface area contributed by atoms with Crippen molar-refractivity contribution >= 4 is 17.7 Å². The van der Waals surface area contributed by atoms with Crippen LogP contribution < -0.4 is 21.1 Å². The molecule has 5 rings (SSSR count). The van der Waals surface area contributed by atoms with Crippen LogP contribution in [0.4, 0.5) is 0 Å². The van der Waals surface area contributed by atoms with Crippen LogP contribution in [0.3, 0.4) is 0 Å². The van der Waals surface area contributed by atoms with Gasteiger partial charge < -0.3 is 21.1 Å². The molecule has 5 aromatic carbocycles. The molecular formula is C37H33N3O4. The molecule has 7 heteroatoms. The fourth-order valence-electron chi connectivity index (χ4n) is 4.72. The van der Waals surface area contributed by atoms with E-state index in [9.17, 15) is 14.4 Å². The maximum atomic E-state index is 13.4. The van der Waals surface area contributed by atoms with Crippen molar-refractivity contribution in [2.45, 2.75) is 25.6 Å². The molecule has 0 bridgehead atoms. The van der Waals surface area contributed by atoms with Crippen LogP contribution in [-0.2, 0) is 29.2 Å². The molecule has 0 aromatic heterocycles. The molecule has 0 unspecified atom stereocenters. The van der Waals surface area contributed by atoms with Crippen LogP contribution >= 0.6 is 0 Å². The van der Waals surface area contributed by atoms with Gasteiger partial charge in [-0.25, -0.2) is 0 Å². The molecule has 5 aromatic rings. The Bertz CT molecular complexity index is 1690. The van der Waals surface area contributed by atoms with Crippen molar-refractivity contribution in [3.63, 3.8) is 0 Å². The summed E-state index contributed by atoms with van der Waals surface area (Å²) in [5.74, 6) is -0.520. The van der Waals surface area contributed by atoms with Crippen molar-refractivity contribution in [1.29, 1.82) is 0 Å². The zero-order valence-electron chi connectivity index (χ0n) is 24.1. The maximum absolute atomic E-state index is 13.4. The van der Waals surface area contributed by atoms with Crippen LogP contribution in [0.5, 0.6) is 5.75 Å². The van der Waals surface area contributed by atoms with Gasteiger partial charge in [0, 0.05) is 12.1 Å². The van der Waals surface area contributed by atoms with E-state index in [1.165, 1.54) is 0 Å². The zero-order chi connectivity index (χ0) is 30.7. The van der Waals surface area contributed by atoms with Gasteiger partial charge in [-0.2, -0.15) is 0 Å². The first-order valence-corrected chi connectivity index (χ1v) is 14.3. The van der Waals surface area contributed by atoms with Crippen LogP contribution in [0.1, 0.15) is 38.7 Å². The lowest BCUT2D eigenvalue weighted by Crippen LogP contribution is -2.40. The van der Waals surface area contributed by atoms with Gasteiger partial charge in [0.05, 0.1) is 6.42 Å². The van der Waals surface area contributed by atoms with Crippen LogP contribution in [0.15, 0.2) is 133 Å². The van der Waals surface area contributed by atoms with Crippen molar-refractivity contribution in [3.05, 3.63) is 161 Å². The van der Waals surface area contributed by atoms with E-state index in [4.69, 9.17) is 10.5 Å². The van der Waals surface area contributed by atoms with E-state index in [-0.39, 0.29) is 24.8 Å². The first kappa shape index (κ1) is 29.8. The van der Waals surface area contributed by atoms with Crippen LogP contribution in [-0.4, -0.2) is 17.7 Å². The van der Waals surface area contributed by atoms with Crippen molar-refractivity contribution in [1.82, 2.24) is 10.6 Å². The van der Waals surface area contributed by atoms with Gasteiger partial charge in [-0.3, -0.25) is 14.4 Å². The van der Waals surface area contributed by atoms with E-state index in [0.717, 1.165) is 27.8 Å². The molecule has 0 aliphatic rings. The molecule has 0 radical (unpaired) electrons. The van der Waals surface area contributed by atoms with Crippen LogP contribution in [0.25, 0.3) is 11.1 Å². The quantitative estimate of drug-likeness (QED) is 0.174. The minimum Gasteiger partial charge on any atom is -0.489 e. The molecule has 7 nitrogen and oxygen atoms in total. The lowest BCUT2D eigenvalue weighted by Gasteiger charge is -2.20. The summed E-state index contributed by atoms with van der Waals surface area (Å²) in [6, 6.07) is 40.6. The van der Waals surface area contributed by atoms with E-state index >= 15 is 0 Å². The second-order valence-corrected chi connectivity index (χ2v) is 10.4. The highest BCUT2D eigenvalue weighted by atomic mass is 16.5. The maximum Gasteiger partial charge on any atom is 0.248 e. The summed E-state index contributed by atoms with van der Waals surface area (Å²) in [5, 5.41) is 5.81. The minimum atomic E-state index is -0.931. The van der Waals surface area contributed by atoms with Gasteiger partial charge in [0.15, 0.2) is 0 Å². The zero-order valence-corrected chi connectivity index (χ0v) is 24.1. The molecular weight excluding hydrogens is 550 g/mol. The fourth-order valence-corrected chi connectivity index (χ4v) is 4.72. The molecule has 3 amide bonds. The number of nitrogens with one attached hydrogen (secondary N) is 2. The SMILES string of the molecule is NC(=O)c1ccc(CNC(=O)[C@@H](NC(=O)Cc2ccc(-c3ccccc3)cc2)c2ccc(OCc3ccccc3)cc2)cc1. The van der Waals surface area contributed by atoms with Crippen molar-refractivity contribution in [2.75, 3.05) is 0 Å². The number of primary amides is 1. The molecule has 44 heavy (non-hydrogen) atoms. The van der Waals surface area contributed by atoms with Gasteiger partial charge >= 0.3 is 0 Å². The molecule has 0 saturated carbocycles. The Hall–Kier alpha value is -5.69. The smallest absolute Gasteiger partial charge is 0.248 e. The largest absolute Gasteiger partial charge is 0.489 e. The number of nitrogens with two attached hydrogens (primary N) is 1. The summed E-state index contributed by atoms with van der Waals surface area (Å²) in [6.07, 6.45) is 0.117. The molecule has 0 aliphatic carbocycles. The first-order chi connectivity index (χ1) is 21.4. The predicted octanol–water partition coefficient (Wildman–Crippen LogP) is 5.75. The van der Waals surface area contributed by atoms with Crippen molar-refractivity contribution < 1.29 is 19.1 Å². The Labute approximate surface area is 256 Å². The van der Waals surface area contributed by atoms with Gasteiger partial charge in [0.25, 0.3) is 0 Å². The molecule has 0 saturated heterocycles. The van der Waals surface area contributed by atoms with E-state index < -0.39 is 11.9 Å². The summed E-state index contributed by atoms with van der Waals surface area (Å²) in [4.78, 5) is 38.0. The average molecular weight is 584 g/mol. The Kier molecular flexibility index (Phi) is 9.80. The van der Waals surface area contributed by atoms with Crippen LogP contribution in [0, 0.1) is 0 Å². The normalized spacial score (nSPS) is 11.3. The van der Waals surface area contributed by atoms with E-state index in [1.807, 2.05) is 84.9 Å². The summed E-state index contributed by atoms with van der Waals surface area (Å²) in [7, 11) is 0. The van der Waals surface area contributed by atoms with Gasteiger partial charge in [-0.15, -0.1) is 0 Å². The van der Waals surface area contributed by atoms with E-state index in [2.05, 4.69) is 10.6 Å². The molecule has 0 fully saturated rings. The van der Waals surface area contributed by atoms with Gasteiger partial charge in [-0.05, 0) is 57.6 Å². The molecule has 0 spiro atoms. The number of ether oxygens (including phenoxy) is 1. The fraction of sp³-hybridized carbons (Fsp3) is 0.108. The Morgan fingerprint density at radius 1 is 0.636 bits per heavy atom. The highest BCUT2D eigenvalue weighted by molar-refractivity contribution is 5.93. The number of hydrogen-bond donors (Lipinski definition) is 3. The highest BCUT2D eigenvalue weighted by Gasteiger charge is 2.23. The van der Waals surface area contributed by atoms with E-state index in [1.54, 1.807) is 48.5 Å². The number of carbonyl (C=O) groups is 3. The Morgan fingerprint density at radius 3 is 1.86 bits per heavy atom. The molecule has 1 atom stereocenters. The van der Waals surface area contributed by atoms with E-state index in [0.29, 0.717) is 23.5 Å². The third-order valence-corrected chi connectivity index (χ3v) is 7.16. The number of amides is 3. The highest BCUT2D eigenvalue weighted by Crippen LogP contribution is 2.22. The monoisotopic (exact) mass is 583 g/mol. The topological polar surface area (TPSA) is 111 Å². The molecule has 0 heterocycles. The second-order valence-electron chi connectivity index (χ2n) is 10.4. The summed E-state index contributed by atoms with van der Waals surface area (Å²) >= 11 is 0. The number of benzene rings is 5. The lowest BCUT2D eigenvalue weighted by molar-refractivity contribution is -0.129. The Morgan fingerprint density at radius 2 is 1.23 bits per heavy atom. The number of rotatable bonds is 12. The predicted molar refractivity (Wildman–Crippen MR) is 170 cm³/mol. The first-order valence-electron chi connectivity index (χ1n) is 14.3. The number of hydrogen-bond acceptors (Lipinski definition) is 4. The minimum absolute atomic E-state index is 0.117. The molecule has 220 valence electrons. The number of carbonyl (C=O) groups excluding carboxylic acids is 3.